The lowest BCUT2D eigenvalue weighted by atomic mass is 10.1. The van der Waals surface area contributed by atoms with Crippen LogP contribution >= 0.6 is 0 Å². The molecule has 0 saturated carbocycles. The average Bonchev–Trinajstić information content (AvgIpc) is 3.45. The predicted molar refractivity (Wildman–Crippen MR) is 157 cm³/mol. The molecule has 5 rings (SSSR count). The van der Waals surface area contributed by atoms with Gasteiger partial charge < -0.3 is 15.0 Å². The van der Waals surface area contributed by atoms with E-state index in [1.165, 1.54) is 4.31 Å². The zero-order valence-electron chi connectivity index (χ0n) is 22.7. The molecule has 40 heavy (non-hydrogen) atoms. The first kappa shape index (κ1) is 27.6. The lowest BCUT2D eigenvalue weighted by molar-refractivity contribution is 0.101. The molecule has 1 aliphatic heterocycles. The van der Waals surface area contributed by atoms with Gasteiger partial charge in [0.25, 0.3) is 5.91 Å². The molecule has 0 aliphatic carbocycles. The second-order valence-electron chi connectivity index (χ2n) is 9.35. The monoisotopic (exact) mass is 559 g/mol. The molecule has 3 aromatic carbocycles. The number of para-hydroxylation sites is 1. The van der Waals surface area contributed by atoms with Crippen LogP contribution < -0.4 is 10.2 Å². The third-order valence-corrected chi connectivity index (χ3v) is 8.97. The van der Waals surface area contributed by atoms with Crippen LogP contribution in [0.25, 0.3) is 16.9 Å². The minimum Gasteiger partial charge on any atom is -0.378 e. The lowest BCUT2D eigenvalue weighted by Crippen LogP contribution is -2.37. The van der Waals surface area contributed by atoms with E-state index in [1.54, 1.807) is 42.8 Å². The van der Waals surface area contributed by atoms with Crippen LogP contribution in [0.1, 0.15) is 24.3 Å². The molecule has 1 saturated heterocycles. The van der Waals surface area contributed by atoms with Crippen LogP contribution in [-0.2, 0) is 14.8 Å². The number of nitrogens with zero attached hydrogens (tertiary/aromatic N) is 4. The van der Waals surface area contributed by atoms with E-state index in [2.05, 4.69) is 10.2 Å². The normalized spacial score (nSPS) is 13.9. The Morgan fingerprint density at radius 3 is 2.23 bits per heavy atom. The van der Waals surface area contributed by atoms with Gasteiger partial charge in [-0.15, -0.1) is 0 Å². The topological polar surface area (TPSA) is 96.8 Å². The largest absolute Gasteiger partial charge is 0.378 e. The second kappa shape index (κ2) is 12.0. The Kier molecular flexibility index (Phi) is 8.29. The zero-order chi connectivity index (χ0) is 28.1. The van der Waals surface area contributed by atoms with Gasteiger partial charge in [0, 0.05) is 31.7 Å². The number of hydrogen-bond donors (Lipinski definition) is 1. The van der Waals surface area contributed by atoms with Crippen molar-refractivity contribution in [3.05, 3.63) is 90.6 Å². The summed E-state index contributed by atoms with van der Waals surface area (Å²) in [6.45, 7) is 6.68. The summed E-state index contributed by atoms with van der Waals surface area (Å²) in [4.78, 5) is 16.1. The Morgan fingerprint density at radius 2 is 1.57 bits per heavy atom. The first-order valence-electron chi connectivity index (χ1n) is 13.4. The maximum atomic E-state index is 13.9. The maximum absolute atomic E-state index is 13.9. The number of anilines is 2. The number of aromatic nitrogens is 2. The van der Waals surface area contributed by atoms with E-state index in [0.29, 0.717) is 56.5 Å². The molecule has 1 aliphatic rings. The summed E-state index contributed by atoms with van der Waals surface area (Å²) in [5.41, 5.74) is 3.76. The van der Waals surface area contributed by atoms with Crippen molar-refractivity contribution in [1.82, 2.24) is 14.1 Å². The van der Waals surface area contributed by atoms with Crippen molar-refractivity contribution in [2.45, 2.75) is 18.7 Å². The molecular formula is C30H33N5O4S. The number of benzene rings is 3. The summed E-state index contributed by atoms with van der Waals surface area (Å²) < 4.78 is 35.2. The number of sulfonamides is 1. The van der Waals surface area contributed by atoms with Gasteiger partial charge in [-0.3, -0.25) is 4.79 Å². The molecular weight excluding hydrogens is 526 g/mol. The van der Waals surface area contributed by atoms with E-state index in [4.69, 9.17) is 9.84 Å². The van der Waals surface area contributed by atoms with Crippen LogP contribution in [0.4, 0.5) is 11.4 Å². The lowest BCUT2D eigenvalue weighted by Gasteiger charge is -2.31. The summed E-state index contributed by atoms with van der Waals surface area (Å²) >= 11 is 0. The molecule has 0 unspecified atom stereocenters. The Labute approximate surface area is 235 Å². The fraction of sp³-hybridized carbons (Fsp3) is 0.267. The summed E-state index contributed by atoms with van der Waals surface area (Å²) in [5, 5.41) is 7.78. The Hall–Kier alpha value is -3.99. The van der Waals surface area contributed by atoms with Crippen LogP contribution in [0.5, 0.6) is 0 Å². The molecule has 0 atom stereocenters. The van der Waals surface area contributed by atoms with Gasteiger partial charge in [0.05, 0.1) is 40.9 Å². The maximum Gasteiger partial charge on any atom is 0.274 e. The molecule has 1 amide bonds. The van der Waals surface area contributed by atoms with Gasteiger partial charge in [-0.2, -0.15) is 9.40 Å². The van der Waals surface area contributed by atoms with Gasteiger partial charge in [-0.05, 0) is 36.4 Å². The fourth-order valence-electron chi connectivity index (χ4n) is 4.81. The van der Waals surface area contributed by atoms with E-state index < -0.39 is 15.9 Å². The summed E-state index contributed by atoms with van der Waals surface area (Å²) in [6.07, 6.45) is 0. The second-order valence-corrected chi connectivity index (χ2v) is 11.3. The number of nitrogens with one attached hydrogen (secondary N) is 1. The molecule has 0 bridgehead atoms. The molecule has 2 heterocycles. The van der Waals surface area contributed by atoms with Crippen LogP contribution in [0.3, 0.4) is 0 Å². The SMILES string of the molecule is CCN(CC)S(=O)(=O)c1ccc(N2CCOCC2)c(NC(=O)c2cc(-c3ccccc3)nn2-c2ccccc2)c1. The van der Waals surface area contributed by atoms with Crippen molar-refractivity contribution in [2.75, 3.05) is 49.6 Å². The van der Waals surface area contributed by atoms with Gasteiger partial charge in [-0.25, -0.2) is 13.1 Å². The molecule has 0 radical (unpaired) electrons. The number of ether oxygens (including phenoxy) is 1. The van der Waals surface area contributed by atoms with Crippen molar-refractivity contribution in [2.24, 2.45) is 0 Å². The third kappa shape index (κ3) is 5.65. The van der Waals surface area contributed by atoms with E-state index in [9.17, 15) is 13.2 Å². The Balaban J connectivity index is 1.57. The molecule has 1 aromatic heterocycles. The Bertz CT molecular complexity index is 1560. The molecule has 10 heteroatoms. The smallest absolute Gasteiger partial charge is 0.274 e. The first-order valence-corrected chi connectivity index (χ1v) is 14.9. The Morgan fingerprint density at radius 1 is 0.925 bits per heavy atom. The highest BCUT2D eigenvalue weighted by atomic mass is 32.2. The summed E-state index contributed by atoms with van der Waals surface area (Å²) in [6, 6.07) is 25.8. The zero-order valence-corrected chi connectivity index (χ0v) is 23.5. The molecule has 0 spiro atoms. The van der Waals surface area contributed by atoms with Crippen molar-refractivity contribution >= 4 is 27.3 Å². The van der Waals surface area contributed by atoms with Gasteiger partial charge in [0.1, 0.15) is 5.69 Å². The molecule has 1 fully saturated rings. The third-order valence-electron chi connectivity index (χ3n) is 6.92. The van der Waals surface area contributed by atoms with Crippen LogP contribution in [0.15, 0.2) is 89.8 Å². The highest BCUT2D eigenvalue weighted by molar-refractivity contribution is 7.89. The van der Waals surface area contributed by atoms with Crippen molar-refractivity contribution < 1.29 is 17.9 Å². The predicted octanol–water partition coefficient (Wildman–Crippen LogP) is 4.66. The molecule has 1 N–H and O–H groups in total. The number of carbonyl (C=O) groups is 1. The highest BCUT2D eigenvalue weighted by Crippen LogP contribution is 2.32. The van der Waals surface area contributed by atoms with Gasteiger partial charge in [0.15, 0.2) is 0 Å². The van der Waals surface area contributed by atoms with E-state index >= 15 is 0 Å². The number of rotatable bonds is 9. The van der Waals surface area contributed by atoms with Gasteiger partial charge >= 0.3 is 0 Å². The van der Waals surface area contributed by atoms with Crippen LogP contribution in [0.2, 0.25) is 0 Å². The number of carbonyl (C=O) groups excluding carboxylic acids is 1. The van der Waals surface area contributed by atoms with Crippen molar-refractivity contribution in [3.8, 4) is 16.9 Å². The fourth-order valence-corrected chi connectivity index (χ4v) is 6.30. The summed E-state index contributed by atoms with van der Waals surface area (Å²) in [7, 11) is -3.73. The number of hydrogen-bond acceptors (Lipinski definition) is 6. The number of morpholine rings is 1. The van der Waals surface area contributed by atoms with Crippen molar-refractivity contribution in [3.63, 3.8) is 0 Å². The molecule has 208 valence electrons. The van der Waals surface area contributed by atoms with Crippen LogP contribution in [0, 0.1) is 0 Å². The van der Waals surface area contributed by atoms with Gasteiger partial charge in [0.2, 0.25) is 10.0 Å². The molecule has 4 aromatic rings. The minimum atomic E-state index is -3.73. The van der Waals surface area contributed by atoms with Gasteiger partial charge in [-0.1, -0.05) is 62.4 Å². The van der Waals surface area contributed by atoms with Crippen molar-refractivity contribution in [1.29, 1.82) is 0 Å². The highest BCUT2D eigenvalue weighted by Gasteiger charge is 2.26. The average molecular weight is 560 g/mol. The first-order chi connectivity index (χ1) is 19.4. The van der Waals surface area contributed by atoms with E-state index in [-0.39, 0.29) is 4.90 Å². The standard InChI is InChI=1S/C30H33N5O4S/c1-3-34(4-2)40(37,38)25-15-16-28(33-17-19-39-20-18-33)27(21-25)31-30(36)29-22-26(23-11-7-5-8-12-23)32-35(29)24-13-9-6-10-14-24/h5-16,21-22H,3-4,17-20H2,1-2H3,(H,31,36). The van der Waals surface area contributed by atoms with E-state index in [1.807, 2.05) is 60.7 Å². The summed E-state index contributed by atoms with van der Waals surface area (Å²) in [5.74, 6) is -0.398. The molecule has 9 nitrogen and oxygen atoms in total. The quantitative estimate of drug-likeness (QED) is 0.321. The number of amides is 1. The van der Waals surface area contributed by atoms with Crippen LogP contribution in [-0.4, -0.2) is 67.8 Å². The minimum absolute atomic E-state index is 0.130. The van der Waals surface area contributed by atoms with E-state index in [0.717, 1.165) is 16.9 Å².